The minimum absolute atomic E-state index is 0.438. The molecule has 0 radical (unpaired) electrons. The second-order valence-corrected chi connectivity index (χ2v) is 4.92. The van der Waals surface area contributed by atoms with Crippen molar-refractivity contribution >= 4 is 23.3 Å². The van der Waals surface area contributed by atoms with Crippen LogP contribution in [0.25, 0.3) is 0 Å². The highest BCUT2D eigenvalue weighted by atomic mass is 35.5. The van der Waals surface area contributed by atoms with E-state index in [-0.39, 0.29) is 0 Å². The summed E-state index contributed by atoms with van der Waals surface area (Å²) >= 11 is 5.75. The Labute approximate surface area is 106 Å². The first-order valence-electron chi connectivity index (χ1n) is 5.08. The molecular formula is C13H14ClNO2. The molecule has 1 aromatic carbocycles. The molecule has 3 nitrogen and oxygen atoms in total. The van der Waals surface area contributed by atoms with Crippen LogP contribution in [0.5, 0.6) is 0 Å². The fourth-order valence-electron chi connectivity index (χ4n) is 1.07. The Morgan fingerprint density at radius 3 is 2.59 bits per heavy atom. The molecule has 0 spiro atoms. The minimum Gasteiger partial charge on any atom is -0.450 e. The summed E-state index contributed by atoms with van der Waals surface area (Å²) in [4.78, 5) is 11.3. The quantitative estimate of drug-likeness (QED) is 0.438. The van der Waals surface area contributed by atoms with Crippen molar-refractivity contribution in [3.8, 4) is 11.8 Å². The van der Waals surface area contributed by atoms with E-state index in [0.717, 1.165) is 0 Å². The number of carbonyl (C=O) groups is 1. The van der Waals surface area contributed by atoms with E-state index >= 15 is 0 Å². The van der Waals surface area contributed by atoms with Crippen molar-refractivity contribution in [3.05, 3.63) is 28.8 Å². The summed E-state index contributed by atoms with van der Waals surface area (Å²) in [6, 6.07) is 4.91. The third kappa shape index (κ3) is 4.80. The normalized spacial score (nSPS) is 10.4. The lowest BCUT2D eigenvalue weighted by Crippen LogP contribution is -2.22. The van der Waals surface area contributed by atoms with Crippen LogP contribution in [0.3, 0.4) is 0 Å². The van der Waals surface area contributed by atoms with Crippen LogP contribution in [0.4, 0.5) is 5.69 Å². The van der Waals surface area contributed by atoms with Crippen LogP contribution in [-0.4, -0.2) is 11.6 Å². The molecule has 4 heteroatoms. The van der Waals surface area contributed by atoms with Gasteiger partial charge in [-0.3, -0.25) is 0 Å². The third-order valence-corrected chi connectivity index (χ3v) is 1.95. The van der Waals surface area contributed by atoms with Gasteiger partial charge in [0.15, 0.2) is 0 Å². The monoisotopic (exact) mass is 251 g/mol. The molecule has 0 amide bonds. The molecule has 90 valence electrons. The zero-order chi connectivity index (χ0) is 13.1. The van der Waals surface area contributed by atoms with Gasteiger partial charge < -0.3 is 10.5 Å². The molecule has 1 rings (SSSR count). The summed E-state index contributed by atoms with van der Waals surface area (Å²) in [7, 11) is 0. The SMILES string of the molecule is CC(C)(C)OC(=O)C#Cc1ccc(Cl)cc1N. The number of hydrogen-bond donors (Lipinski definition) is 1. The van der Waals surface area contributed by atoms with E-state index in [1.165, 1.54) is 0 Å². The minimum atomic E-state index is -0.577. The first-order chi connectivity index (χ1) is 7.78. The number of nitrogens with two attached hydrogens (primary N) is 1. The summed E-state index contributed by atoms with van der Waals surface area (Å²) in [6.45, 7) is 5.34. The van der Waals surface area contributed by atoms with Gasteiger partial charge in [-0.05, 0) is 39.0 Å². The van der Waals surface area contributed by atoms with E-state index in [9.17, 15) is 4.79 Å². The van der Waals surface area contributed by atoms with Crippen LogP contribution in [0.1, 0.15) is 26.3 Å². The average molecular weight is 252 g/mol. The van der Waals surface area contributed by atoms with Crippen molar-refractivity contribution < 1.29 is 9.53 Å². The van der Waals surface area contributed by atoms with Crippen molar-refractivity contribution in [2.24, 2.45) is 0 Å². The van der Waals surface area contributed by atoms with E-state index < -0.39 is 11.6 Å². The molecule has 0 aliphatic rings. The van der Waals surface area contributed by atoms with Gasteiger partial charge >= 0.3 is 5.97 Å². The van der Waals surface area contributed by atoms with Crippen LogP contribution >= 0.6 is 11.6 Å². The average Bonchev–Trinajstić information content (AvgIpc) is 2.13. The molecule has 0 aliphatic heterocycles. The van der Waals surface area contributed by atoms with Crippen LogP contribution < -0.4 is 5.73 Å². The maximum Gasteiger partial charge on any atom is 0.385 e. The molecule has 0 saturated heterocycles. The fourth-order valence-corrected chi connectivity index (χ4v) is 1.25. The number of esters is 1. The number of ether oxygens (including phenoxy) is 1. The summed E-state index contributed by atoms with van der Waals surface area (Å²) in [5.41, 5.74) is 6.15. The van der Waals surface area contributed by atoms with Crippen LogP contribution in [0.2, 0.25) is 5.02 Å². The van der Waals surface area contributed by atoms with E-state index in [0.29, 0.717) is 16.3 Å². The van der Waals surface area contributed by atoms with Crippen LogP contribution in [0.15, 0.2) is 18.2 Å². The maximum atomic E-state index is 11.3. The molecule has 0 aliphatic carbocycles. The van der Waals surface area contributed by atoms with Crippen molar-refractivity contribution in [2.75, 3.05) is 5.73 Å². The predicted octanol–water partition coefficient (Wildman–Crippen LogP) is 2.62. The number of rotatable bonds is 0. The summed E-state index contributed by atoms with van der Waals surface area (Å²) < 4.78 is 5.04. The molecule has 17 heavy (non-hydrogen) atoms. The molecular weight excluding hydrogens is 238 g/mol. The summed E-state index contributed by atoms with van der Waals surface area (Å²) in [5, 5.41) is 0.533. The van der Waals surface area contributed by atoms with Crippen LogP contribution in [0, 0.1) is 11.8 Å². The molecule has 0 aromatic heterocycles. The molecule has 0 atom stereocenters. The van der Waals surface area contributed by atoms with Gasteiger partial charge in [-0.15, -0.1) is 0 Å². The number of nitrogen functional groups attached to an aromatic ring is 1. The highest BCUT2D eigenvalue weighted by molar-refractivity contribution is 6.30. The standard InChI is InChI=1S/C13H14ClNO2/c1-13(2,3)17-12(16)7-5-9-4-6-10(14)8-11(9)15/h4,6,8H,15H2,1-3H3. The number of carbonyl (C=O) groups excluding carboxylic acids is 1. The smallest absolute Gasteiger partial charge is 0.385 e. The number of halogens is 1. The van der Waals surface area contributed by atoms with Crippen molar-refractivity contribution in [2.45, 2.75) is 26.4 Å². The number of anilines is 1. The number of benzene rings is 1. The fraction of sp³-hybridized carbons (Fsp3) is 0.308. The third-order valence-electron chi connectivity index (χ3n) is 1.71. The highest BCUT2D eigenvalue weighted by Crippen LogP contribution is 2.16. The molecule has 1 aromatic rings. The molecule has 2 N–H and O–H groups in total. The second-order valence-electron chi connectivity index (χ2n) is 4.48. The van der Waals surface area contributed by atoms with Gasteiger partial charge in [-0.1, -0.05) is 17.5 Å². The Morgan fingerprint density at radius 2 is 2.06 bits per heavy atom. The topological polar surface area (TPSA) is 52.3 Å². The number of hydrogen-bond acceptors (Lipinski definition) is 3. The van der Waals surface area contributed by atoms with E-state index in [2.05, 4.69) is 11.8 Å². The maximum absolute atomic E-state index is 11.3. The van der Waals surface area contributed by atoms with Gasteiger partial charge in [0.05, 0.1) is 0 Å². The van der Waals surface area contributed by atoms with Gasteiger partial charge in [0.1, 0.15) is 5.60 Å². The Bertz CT molecular complexity index is 492. The molecule has 0 saturated carbocycles. The zero-order valence-corrected chi connectivity index (χ0v) is 10.8. The van der Waals surface area contributed by atoms with Crippen molar-refractivity contribution in [1.82, 2.24) is 0 Å². The molecule has 0 bridgehead atoms. The zero-order valence-electron chi connectivity index (χ0n) is 10.0. The van der Waals surface area contributed by atoms with E-state index in [1.807, 2.05) is 0 Å². The first kappa shape index (κ1) is 13.4. The molecule has 0 fully saturated rings. The van der Waals surface area contributed by atoms with Crippen molar-refractivity contribution in [3.63, 3.8) is 0 Å². The van der Waals surface area contributed by atoms with Crippen molar-refractivity contribution in [1.29, 1.82) is 0 Å². The largest absolute Gasteiger partial charge is 0.450 e. The van der Waals surface area contributed by atoms with Crippen LogP contribution in [-0.2, 0) is 9.53 Å². The van der Waals surface area contributed by atoms with Gasteiger partial charge in [0, 0.05) is 22.2 Å². The highest BCUT2D eigenvalue weighted by Gasteiger charge is 2.14. The summed E-state index contributed by atoms with van der Waals surface area (Å²) in [6.07, 6.45) is 0. The van der Waals surface area contributed by atoms with E-state index in [1.54, 1.807) is 39.0 Å². The lowest BCUT2D eigenvalue weighted by atomic mass is 10.2. The van der Waals surface area contributed by atoms with Gasteiger partial charge in [0.2, 0.25) is 0 Å². The predicted molar refractivity (Wildman–Crippen MR) is 68.6 cm³/mol. The Morgan fingerprint density at radius 1 is 1.41 bits per heavy atom. The van der Waals surface area contributed by atoms with Gasteiger partial charge in [-0.2, -0.15) is 0 Å². The Hall–Kier alpha value is -1.66. The molecule has 0 heterocycles. The lowest BCUT2D eigenvalue weighted by molar-refractivity contribution is -0.147. The Balaban J connectivity index is 2.82. The first-order valence-corrected chi connectivity index (χ1v) is 5.46. The van der Waals surface area contributed by atoms with Gasteiger partial charge in [0.25, 0.3) is 0 Å². The molecule has 0 unspecified atom stereocenters. The second kappa shape index (κ2) is 5.11. The lowest BCUT2D eigenvalue weighted by Gasteiger charge is -2.16. The summed E-state index contributed by atoms with van der Waals surface area (Å²) in [5.74, 6) is 4.46. The van der Waals surface area contributed by atoms with E-state index in [4.69, 9.17) is 22.1 Å². The van der Waals surface area contributed by atoms with Gasteiger partial charge in [-0.25, -0.2) is 4.79 Å². The Kier molecular flexibility index (Phi) is 4.03.